The second-order valence-electron chi connectivity index (χ2n) is 6.22. The summed E-state index contributed by atoms with van der Waals surface area (Å²) in [6.07, 6.45) is 2.95. The van der Waals surface area contributed by atoms with E-state index in [4.69, 9.17) is 4.74 Å². The van der Waals surface area contributed by atoms with Gasteiger partial charge in [0.1, 0.15) is 5.75 Å². The maximum atomic E-state index is 9.28. The topological polar surface area (TPSA) is 32.7 Å². The lowest BCUT2D eigenvalue weighted by Crippen LogP contribution is -2.37. The van der Waals surface area contributed by atoms with E-state index in [1.807, 2.05) is 0 Å². The molecule has 0 saturated heterocycles. The number of hydrogen-bond donors (Lipinski definition) is 1. The Labute approximate surface area is 122 Å². The predicted octanol–water partition coefficient (Wildman–Crippen LogP) is 2.78. The van der Waals surface area contributed by atoms with Crippen molar-refractivity contribution in [3.8, 4) is 5.75 Å². The van der Waals surface area contributed by atoms with Crippen molar-refractivity contribution in [1.82, 2.24) is 4.90 Å². The first-order valence-electron chi connectivity index (χ1n) is 7.61. The van der Waals surface area contributed by atoms with Gasteiger partial charge >= 0.3 is 0 Å². The molecule has 0 amide bonds. The molecule has 0 atom stereocenters. The van der Waals surface area contributed by atoms with Crippen LogP contribution in [0.3, 0.4) is 0 Å². The summed E-state index contributed by atoms with van der Waals surface area (Å²) in [6.45, 7) is 7.09. The number of aliphatic hydroxyl groups is 1. The molecule has 0 aliphatic heterocycles. The quantitative estimate of drug-likeness (QED) is 0.778. The molecule has 0 unspecified atom stereocenters. The fourth-order valence-corrected chi connectivity index (χ4v) is 2.76. The normalized spacial score (nSPS) is 21.9. The van der Waals surface area contributed by atoms with Crippen molar-refractivity contribution < 1.29 is 9.84 Å². The van der Waals surface area contributed by atoms with Gasteiger partial charge in [0, 0.05) is 13.1 Å². The molecule has 1 saturated carbocycles. The first-order chi connectivity index (χ1) is 9.54. The van der Waals surface area contributed by atoms with Crippen LogP contribution < -0.4 is 4.74 Å². The Bertz CT molecular complexity index is 427. The van der Waals surface area contributed by atoms with Crippen molar-refractivity contribution in [2.24, 2.45) is 5.92 Å². The second kappa shape index (κ2) is 7.09. The van der Waals surface area contributed by atoms with Gasteiger partial charge in [-0.25, -0.2) is 0 Å². The van der Waals surface area contributed by atoms with Gasteiger partial charge in [-0.3, -0.25) is 0 Å². The number of rotatable bonds is 7. The van der Waals surface area contributed by atoms with Crippen LogP contribution in [0, 0.1) is 19.8 Å². The molecule has 3 nitrogen and oxygen atoms in total. The van der Waals surface area contributed by atoms with Gasteiger partial charge in [-0.2, -0.15) is 0 Å². The van der Waals surface area contributed by atoms with E-state index < -0.39 is 0 Å². The summed E-state index contributed by atoms with van der Waals surface area (Å²) in [4.78, 5) is 2.35. The predicted molar refractivity (Wildman–Crippen MR) is 82.3 cm³/mol. The Balaban J connectivity index is 1.62. The smallest absolute Gasteiger partial charge is 0.122 e. The summed E-state index contributed by atoms with van der Waals surface area (Å²) < 4.78 is 5.86. The van der Waals surface area contributed by atoms with Gasteiger partial charge in [-0.15, -0.1) is 0 Å². The van der Waals surface area contributed by atoms with Crippen LogP contribution in [0.5, 0.6) is 5.75 Å². The zero-order chi connectivity index (χ0) is 14.5. The molecule has 112 valence electrons. The SMILES string of the molecule is Cc1ccc(C)c(OCCCN(C)CC2CC(O)C2)c1. The number of hydrogen-bond acceptors (Lipinski definition) is 3. The first kappa shape index (κ1) is 15.3. The van der Waals surface area contributed by atoms with Crippen molar-refractivity contribution in [1.29, 1.82) is 0 Å². The van der Waals surface area contributed by atoms with Crippen LogP contribution in [0.25, 0.3) is 0 Å². The first-order valence-corrected chi connectivity index (χ1v) is 7.61. The molecule has 1 aromatic rings. The highest BCUT2D eigenvalue weighted by molar-refractivity contribution is 5.35. The highest BCUT2D eigenvalue weighted by Crippen LogP contribution is 2.27. The van der Waals surface area contributed by atoms with Gasteiger partial charge in [0.05, 0.1) is 12.7 Å². The minimum absolute atomic E-state index is 0.0407. The molecule has 1 aromatic carbocycles. The minimum atomic E-state index is -0.0407. The molecular formula is C17H27NO2. The summed E-state index contributed by atoms with van der Waals surface area (Å²) in [6, 6.07) is 6.33. The van der Waals surface area contributed by atoms with Crippen molar-refractivity contribution in [2.75, 3.05) is 26.7 Å². The Kier molecular flexibility index (Phi) is 5.44. The Morgan fingerprint density at radius 2 is 2.05 bits per heavy atom. The van der Waals surface area contributed by atoms with Crippen LogP contribution in [-0.2, 0) is 0 Å². The fourth-order valence-electron chi connectivity index (χ4n) is 2.76. The lowest BCUT2D eigenvalue weighted by atomic mass is 9.82. The number of nitrogens with zero attached hydrogens (tertiary/aromatic N) is 1. The van der Waals surface area contributed by atoms with Gasteiger partial charge in [0.15, 0.2) is 0 Å². The van der Waals surface area contributed by atoms with E-state index in [1.54, 1.807) is 0 Å². The molecule has 0 aromatic heterocycles. The van der Waals surface area contributed by atoms with Gasteiger partial charge in [-0.1, -0.05) is 12.1 Å². The van der Waals surface area contributed by atoms with Crippen LogP contribution in [0.2, 0.25) is 0 Å². The Morgan fingerprint density at radius 1 is 1.30 bits per heavy atom. The second-order valence-corrected chi connectivity index (χ2v) is 6.22. The van der Waals surface area contributed by atoms with Crippen LogP contribution in [-0.4, -0.2) is 42.9 Å². The van der Waals surface area contributed by atoms with Gasteiger partial charge in [0.2, 0.25) is 0 Å². The zero-order valence-corrected chi connectivity index (χ0v) is 12.9. The highest BCUT2D eigenvalue weighted by atomic mass is 16.5. The number of benzene rings is 1. The summed E-state index contributed by atoms with van der Waals surface area (Å²) in [5.41, 5.74) is 2.44. The average Bonchev–Trinajstić information content (AvgIpc) is 2.37. The molecular weight excluding hydrogens is 250 g/mol. The molecule has 20 heavy (non-hydrogen) atoms. The maximum absolute atomic E-state index is 9.28. The highest BCUT2D eigenvalue weighted by Gasteiger charge is 2.27. The van der Waals surface area contributed by atoms with E-state index in [-0.39, 0.29) is 6.10 Å². The standard InChI is InChI=1S/C17H27NO2/c1-13-5-6-14(2)17(9-13)20-8-4-7-18(3)12-15-10-16(19)11-15/h5-6,9,15-16,19H,4,7-8,10-12H2,1-3H3. The van der Waals surface area contributed by atoms with E-state index >= 15 is 0 Å². The summed E-state index contributed by atoms with van der Waals surface area (Å²) in [7, 11) is 2.16. The maximum Gasteiger partial charge on any atom is 0.122 e. The molecule has 1 N–H and O–H groups in total. The van der Waals surface area contributed by atoms with Crippen LogP contribution in [0.1, 0.15) is 30.4 Å². The molecule has 2 rings (SSSR count). The lowest BCUT2D eigenvalue weighted by Gasteiger charge is -2.34. The molecule has 0 heterocycles. The largest absolute Gasteiger partial charge is 0.493 e. The van der Waals surface area contributed by atoms with Crippen LogP contribution in [0.15, 0.2) is 18.2 Å². The van der Waals surface area contributed by atoms with E-state index in [2.05, 4.69) is 44.0 Å². The van der Waals surface area contributed by atoms with Gasteiger partial charge in [-0.05, 0) is 63.3 Å². The van der Waals surface area contributed by atoms with Crippen molar-refractivity contribution in [3.63, 3.8) is 0 Å². The van der Waals surface area contributed by atoms with E-state index in [0.29, 0.717) is 5.92 Å². The molecule has 1 fully saturated rings. The van der Waals surface area contributed by atoms with Crippen molar-refractivity contribution in [3.05, 3.63) is 29.3 Å². The average molecular weight is 277 g/mol. The van der Waals surface area contributed by atoms with E-state index in [0.717, 1.165) is 44.7 Å². The molecule has 1 aliphatic carbocycles. The van der Waals surface area contributed by atoms with Crippen molar-refractivity contribution >= 4 is 0 Å². The van der Waals surface area contributed by atoms with Gasteiger partial charge in [0.25, 0.3) is 0 Å². The third-order valence-electron chi connectivity index (χ3n) is 4.07. The lowest BCUT2D eigenvalue weighted by molar-refractivity contribution is 0.0278. The molecule has 0 bridgehead atoms. The third kappa shape index (κ3) is 4.50. The van der Waals surface area contributed by atoms with Crippen LogP contribution >= 0.6 is 0 Å². The molecule has 3 heteroatoms. The molecule has 0 spiro atoms. The monoisotopic (exact) mass is 277 g/mol. The molecule has 0 radical (unpaired) electrons. The minimum Gasteiger partial charge on any atom is -0.493 e. The Morgan fingerprint density at radius 3 is 2.75 bits per heavy atom. The third-order valence-corrected chi connectivity index (χ3v) is 4.07. The van der Waals surface area contributed by atoms with E-state index in [1.165, 1.54) is 11.1 Å². The number of aryl methyl sites for hydroxylation is 2. The summed E-state index contributed by atoms with van der Waals surface area (Å²) >= 11 is 0. The molecule has 1 aliphatic rings. The fraction of sp³-hybridized carbons (Fsp3) is 0.647. The van der Waals surface area contributed by atoms with Gasteiger partial charge < -0.3 is 14.7 Å². The summed E-state index contributed by atoms with van der Waals surface area (Å²) in [5, 5.41) is 9.28. The summed E-state index contributed by atoms with van der Waals surface area (Å²) in [5.74, 6) is 1.70. The Hall–Kier alpha value is -1.06. The number of aliphatic hydroxyl groups excluding tert-OH is 1. The van der Waals surface area contributed by atoms with E-state index in [9.17, 15) is 5.11 Å². The zero-order valence-electron chi connectivity index (χ0n) is 12.9. The van der Waals surface area contributed by atoms with Crippen LogP contribution in [0.4, 0.5) is 0 Å². The number of ether oxygens (including phenoxy) is 1. The van der Waals surface area contributed by atoms with Crippen molar-refractivity contribution in [2.45, 2.75) is 39.2 Å².